The molecule has 0 atom stereocenters. The number of carbonyl (C=O) groups excluding carboxylic acids is 1. The summed E-state index contributed by atoms with van der Waals surface area (Å²) in [6.07, 6.45) is 0.338. The average molecular weight is 507 g/mol. The first kappa shape index (κ1) is 21.9. The molecule has 0 aliphatic rings. The van der Waals surface area contributed by atoms with Crippen molar-refractivity contribution in [1.29, 1.82) is 0 Å². The third kappa shape index (κ3) is 6.03. The van der Waals surface area contributed by atoms with Gasteiger partial charge in [0.2, 0.25) is 0 Å². The number of nitrogens with one attached hydrogen (secondary N) is 2. The van der Waals surface area contributed by atoms with Gasteiger partial charge in [-0.25, -0.2) is 9.87 Å². The van der Waals surface area contributed by atoms with Crippen molar-refractivity contribution in [2.75, 3.05) is 11.9 Å². The van der Waals surface area contributed by atoms with Crippen molar-refractivity contribution in [3.05, 3.63) is 55.9 Å². The monoisotopic (exact) mass is 506 g/mol. The second kappa shape index (κ2) is 9.18. The van der Waals surface area contributed by atoms with Crippen LogP contribution < -0.4 is 10.8 Å². The van der Waals surface area contributed by atoms with Crippen molar-refractivity contribution in [2.24, 2.45) is 0 Å². The Hall–Kier alpha value is -1.42. The fourth-order valence-electron chi connectivity index (χ4n) is 2.31. The van der Waals surface area contributed by atoms with E-state index in [1.165, 1.54) is 12.1 Å². The summed E-state index contributed by atoms with van der Waals surface area (Å²) in [5.41, 5.74) is 3.69. The van der Waals surface area contributed by atoms with E-state index in [1.807, 2.05) is 25.1 Å². The highest BCUT2D eigenvalue weighted by Crippen LogP contribution is 2.29. The number of hydrogen-bond acceptors (Lipinski definition) is 4. The standard InChI is InChI=1S/C19H21ClFIN2O3/c1-11-8-12(22)4-5-16(11)23-17-10-15(21)14(20)9-13(17)18(26)24-27-19(2,3)6-7-25/h4-5,8-10,23,25H,6-7H2,1-3H3,(H,24,26). The van der Waals surface area contributed by atoms with Crippen LogP contribution in [0.2, 0.25) is 5.02 Å². The number of anilines is 2. The predicted octanol–water partition coefficient (Wildman–Crippen LogP) is 4.96. The molecule has 8 heteroatoms. The number of carbonyl (C=O) groups is 1. The lowest BCUT2D eigenvalue weighted by molar-refractivity contribution is -0.0805. The summed E-state index contributed by atoms with van der Waals surface area (Å²) in [6, 6.07) is 8.15. The molecule has 0 saturated carbocycles. The molecule has 0 spiro atoms. The molecule has 0 saturated heterocycles. The first-order chi connectivity index (χ1) is 12.6. The Morgan fingerprint density at radius 2 is 2.00 bits per heavy atom. The molecular formula is C19H21ClFIN2O3. The van der Waals surface area contributed by atoms with Crippen molar-refractivity contribution in [3.8, 4) is 0 Å². The Balaban J connectivity index is 2.30. The summed E-state index contributed by atoms with van der Waals surface area (Å²) in [5.74, 6) is -1.21. The Morgan fingerprint density at radius 3 is 2.63 bits per heavy atom. The van der Waals surface area contributed by atoms with E-state index in [4.69, 9.17) is 21.5 Å². The highest BCUT2D eigenvalue weighted by molar-refractivity contribution is 14.1. The minimum Gasteiger partial charge on any atom is -0.396 e. The number of amides is 1. The molecule has 27 heavy (non-hydrogen) atoms. The van der Waals surface area contributed by atoms with Crippen LogP contribution in [0.25, 0.3) is 0 Å². The summed E-state index contributed by atoms with van der Waals surface area (Å²) in [7, 11) is 0. The van der Waals surface area contributed by atoms with Gasteiger partial charge in [0.1, 0.15) is 5.82 Å². The number of aliphatic hydroxyl groups excluding tert-OH is 1. The van der Waals surface area contributed by atoms with Crippen molar-refractivity contribution in [3.63, 3.8) is 0 Å². The molecule has 0 fully saturated rings. The number of halogens is 3. The normalized spacial score (nSPS) is 11.4. The van der Waals surface area contributed by atoms with Crippen LogP contribution in [0.3, 0.4) is 0 Å². The first-order valence-electron chi connectivity index (χ1n) is 8.24. The Morgan fingerprint density at radius 1 is 1.30 bits per heavy atom. The summed E-state index contributed by atoms with van der Waals surface area (Å²) >= 11 is 8.07. The fourth-order valence-corrected chi connectivity index (χ4v) is 3.12. The van der Waals surface area contributed by atoms with Gasteiger partial charge in [-0.1, -0.05) is 11.6 Å². The van der Waals surface area contributed by atoms with Gasteiger partial charge >= 0.3 is 0 Å². The highest BCUT2D eigenvalue weighted by Gasteiger charge is 2.22. The van der Waals surface area contributed by atoms with Crippen LogP contribution in [-0.4, -0.2) is 23.2 Å². The van der Waals surface area contributed by atoms with E-state index in [0.717, 1.165) is 14.8 Å². The van der Waals surface area contributed by atoms with Gasteiger partial charge in [-0.05, 0) is 79.3 Å². The van der Waals surface area contributed by atoms with Crippen LogP contribution in [0.5, 0.6) is 0 Å². The molecule has 1 amide bonds. The summed E-state index contributed by atoms with van der Waals surface area (Å²) in [4.78, 5) is 18.0. The Labute approximate surface area is 176 Å². The Bertz CT molecular complexity index is 846. The number of rotatable bonds is 7. The summed E-state index contributed by atoms with van der Waals surface area (Å²) in [6.45, 7) is 5.30. The fraction of sp³-hybridized carbons (Fsp3) is 0.316. The van der Waals surface area contributed by atoms with E-state index in [1.54, 1.807) is 13.8 Å². The molecule has 0 unspecified atom stereocenters. The lowest BCUT2D eigenvalue weighted by Crippen LogP contribution is -2.36. The third-order valence-electron chi connectivity index (χ3n) is 3.90. The topological polar surface area (TPSA) is 70.6 Å². The number of hydroxylamine groups is 1. The lowest BCUT2D eigenvalue weighted by atomic mass is 10.1. The number of benzene rings is 2. The maximum absolute atomic E-state index is 14.0. The van der Waals surface area contributed by atoms with Crippen LogP contribution in [-0.2, 0) is 4.84 Å². The van der Waals surface area contributed by atoms with Gasteiger partial charge in [-0.15, -0.1) is 0 Å². The molecule has 0 aliphatic heterocycles. The number of aliphatic hydroxyl groups is 1. The minimum absolute atomic E-state index is 0.0792. The number of aryl methyl sites for hydroxylation is 1. The summed E-state index contributed by atoms with van der Waals surface area (Å²) in [5, 5.41) is 12.0. The molecule has 0 heterocycles. The van der Waals surface area contributed by atoms with E-state index in [9.17, 15) is 9.18 Å². The second-order valence-corrected chi connectivity index (χ2v) is 8.32. The molecule has 146 valence electrons. The van der Waals surface area contributed by atoms with Crippen LogP contribution in [0.1, 0.15) is 36.2 Å². The minimum atomic E-state index is -0.755. The van der Waals surface area contributed by atoms with Crippen molar-refractivity contribution >= 4 is 51.5 Å². The van der Waals surface area contributed by atoms with Crippen molar-refractivity contribution < 1.29 is 19.1 Å². The third-order valence-corrected chi connectivity index (χ3v) is 4.86. The van der Waals surface area contributed by atoms with E-state index in [0.29, 0.717) is 6.42 Å². The van der Waals surface area contributed by atoms with Gasteiger partial charge in [0, 0.05) is 22.3 Å². The van der Waals surface area contributed by atoms with Crippen LogP contribution >= 0.6 is 34.2 Å². The molecule has 0 aromatic heterocycles. The molecule has 2 rings (SSSR count). The smallest absolute Gasteiger partial charge is 0.277 e. The maximum Gasteiger partial charge on any atom is 0.277 e. The molecule has 5 nitrogen and oxygen atoms in total. The van der Waals surface area contributed by atoms with E-state index >= 15 is 0 Å². The zero-order valence-electron chi connectivity index (χ0n) is 15.2. The molecule has 0 radical (unpaired) electrons. The highest BCUT2D eigenvalue weighted by atomic mass is 127. The zero-order valence-corrected chi connectivity index (χ0v) is 18.1. The molecule has 2 aromatic carbocycles. The van der Waals surface area contributed by atoms with Crippen LogP contribution in [0.4, 0.5) is 15.8 Å². The quantitative estimate of drug-likeness (QED) is 0.367. The van der Waals surface area contributed by atoms with Gasteiger partial charge in [0.25, 0.3) is 5.91 Å². The van der Waals surface area contributed by atoms with Crippen molar-refractivity contribution in [2.45, 2.75) is 32.8 Å². The molecular weight excluding hydrogens is 486 g/mol. The SMILES string of the molecule is Cc1cc(I)ccc1Nc1cc(F)c(Cl)cc1C(=O)NOC(C)(C)CCO. The maximum atomic E-state index is 14.0. The largest absolute Gasteiger partial charge is 0.396 e. The molecule has 0 aliphatic carbocycles. The van der Waals surface area contributed by atoms with Crippen LogP contribution in [0.15, 0.2) is 30.3 Å². The van der Waals surface area contributed by atoms with Crippen LogP contribution in [0, 0.1) is 16.3 Å². The lowest BCUT2D eigenvalue weighted by Gasteiger charge is -2.24. The number of hydrogen-bond donors (Lipinski definition) is 3. The van der Waals surface area contributed by atoms with Gasteiger partial charge in [-0.3, -0.25) is 9.63 Å². The first-order valence-corrected chi connectivity index (χ1v) is 9.70. The van der Waals surface area contributed by atoms with Gasteiger partial charge in [0.15, 0.2) is 0 Å². The Kier molecular flexibility index (Phi) is 7.44. The van der Waals surface area contributed by atoms with Crippen molar-refractivity contribution in [1.82, 2.24) is 5.48 Å². The van der Waals surface area contributed by atoms with E-state index < -0.39 is 17.3 Å². The average Bonchev–Trinajstić information content (AvgIpc) is 2.58. The second-order valence-electron chi connectivity index (χ2n) is 6.66. The molecule has 2 aromatic rings. The zero-order chi connectivity index (χ0) is 20.2. The van der Waals surface area contributed by atoms with Gasteiger partial charge in [0.05, 0.1) is 21.9 Å². The van der Waals surface area contributed by atoms with E-state index in [-0.39, 0.29) is 22.9 Å². The summed E-state index contributed by atoms with van der Waals surface area (Å²) < 4.78 is 15.1. The molecule has 0 bridgehead atoms. The van der Waals surface area contributed by atoms with Gasteiger partial charge < -0.3 is 10.4 Å². The molecule has 3 N–H and O–H groups in total. The predicted molar refractivity (Wildman–Crippen MR) is 113 cm³/mol. The van der Waals surface area contributed by atoms with E-state index in [2.05, 4.69) is 33.4 Å². The van der Waals surface area contributed by atoms with Gasteiger partial charge in [-0.2, -0.15) is 0 Å².